The lowest BCUT2D eigenvalue weighted by Gasteiger charge is -2.15. The fourth-order valence-corrected chi connectivity index (χ4v) is 12.7. The first-order valence-corrected chi connectivity index (χ1v) is 35.6. The minimum absolute atomic E-state index is 0.0397. The van der Waals surface area contributed by atoms with E-state index in [1.54, 1.807) is 26.8 Å². The Morgan fingerprint density at radius 3 is 1.07 bits per heavy atom. The Morgan fingerprint density at radius 2 is 0.703 bits per heavy atom. The minimum Gasteiger partial charge on any atom is -0.508 e. The summed E-state index contributed by atoms with van der Waals surface area (Å²) >= 11 is 0. The molecule has 27 nitrogen and oxygen atoms in total. The summed E-state index contributed by atoms with van der Waals surface area (Å²) in [5, 5.41) is 100.0. The van der Waals surface area contributed by atoms with Crippen molar-refractivity contribution in [2.75, 3.05) is 14.2 Å². The first kappa shape index (κ1) is 85.2. The van der Waals surface area contributed by atoms with Crippen LogP contribution in [0.5, 0.6) is 69.0 Å². The molecule has 0 spiro atoms. The molecule has 12 aromatic rings. The van der Waals surface area contributed by atoms with Crippen LogP contribution >= 0.6 is 0 Å². The van der Waals surface area contributed by atoms with E-state index in [4.69, 9.17) is 36.0 Å². The summed E-state index contributed by atoms with van der Waals surface area (Å²) in [6.07, 6.45) is 9.57. The number of aryl methyl sites for hydroxylation is 6. The zero-order valence-electron chi connectivity index (χ0n) is 63.3. The van der Waals surface area contributed by atoms with Crippen LogP contribution in [0, 0.1) is 5.92 Å². The van der Waals surface area contributed by atoms with Gasteiger partial charge in [0.25, 0.3) is 0 Å². The first-order valence-electron chi connectivity index (χ1n) is 35.6. The number of carbonyl (C=O) groups is 3. The Bertz CT molecular complexity index is 5900. The van der Waals surface area contributed by atoms with E-state index in [9.17, 15) is 94.2 Å². The summed E-state index contributed by atoms with van der Waals surface area (Å²) in [6.45, 7) is 21.7. The van der Waals surface area contributed by atoms with Crippen LogP contribution in [0.4, 0.5) is 0 Å². The quantitative estimate of drug-likeness (QED) is 0.0265. The number of carbonyl (C=O) groups excluding carboxylic acids is 3. The highest BCUT2D eigenvalue weighted by Crippen LogP contribution is 2.42. The normalized spacial score (nSPS) is 10.9. The van der Waals surface area contributed by atoms with Gasteiger partial charge in [-0.2, -0.15) is 0 Å². The molecule has 586 valence electrons. The van der Waals surface area contributed by atoms with E-state index in [0.29, 0.717) is 122 Å². The second-order valence-corrected chi connectivity index (χ2v) is 25.8. The molecule has 6 aromatic heterocycles. The molecule has 6 heterocycles. The molecule has 0 bridgehead atoms. The average Bonchev–Trinajstić information content (AvgIpc) is 0.769. The molecule has 0 amide bonds. The molecule has 0 aliphatic rings. The van der Waals surface area contributed by atoms with Crippen molar-refractivity contribution in [2.45, 2.75) is 146 Å². The predicted octanol–water partition coefficient (Wildman–Crippen LogP) is 15.4. The Kier molecular flexibility index (Phi) is 28.9. The number of methoxy groups -OCH3 is 2. The fraction of sp³-hybridized carbons (Fsp3) is 0.298. The maximum Gasteiger partial charge on any atom is 0.336 e. The highest BCUT2D eigenvalue weighted by molar-refractivity contribution is 6.12. The predicted molar refractivity (Wildman–Crippen MR) is 418 cm³/mol. The van der Waals surface area contributed by atoms with Gasteiger partial charge in [0.2, 0.25) is 0 Å². The maximum absolute atomic E-state index is 12.3. The van der Waals surface area contributed by atoms with Crippen molar-refractivity contribution in [2.24, 2.45) is 5.92 Å². The summed E-state index contributed by atoms with van der Waals surface area (Å²) in [5.41, 5.74) is 2.30. The van der Waals surface area contributed by atoms with Crippen molar-refractivity contribution < 1.29 is 101 Å². The summed E-state index contributed by atoms with van der Waals surface area (Å²) in [5.74, 6) is -2.22. The number of benzene rings is 6. The van der Waals surface area contributed by atoms with E-state index in [2.05, 4.69) is 6.58 Å². The van der Waals surface area contributed by atoms with Gasteiger partial charge in [-0.05, 0) is 78.8 Å². The van der Waals surface area contributed by atoms with E-state index in [0.717, 1.165) is 55.4 Å². The second-order valence-electron chi connectivity index (χ2n) is 25.8. The molecule has 6 aromatic carbocycles. The number of hydrogen-bond acceptors (Lipinski definition) is 27. The molecule has 0 saturated carbocycles. The molecule has 10 N–H and O–H groups in total. The van der Waals surface area contributed by atoms with Gasteiger partial charge in [-0.1, -0.05) is 107 Å². The van der Waals surface area contributed by atoms with E-state index in [1.807, 2.05) is 41.5 Å². The van der Waals surface area contributed by atoms with Crippen molar-refractivity contribution in [3.63, 3.8) is 0 Å². The third-order valence-electron chi connectivity index (χ3n) is 17.4. The van der Waals surface area contributed by atoms with Crippen LogP contribution < -0.4 is 43.2 Å². The van der Waals surface area contributed by atoms with Crippen LogP contribution in [0.1, 0.15) is 178 Å². The summed E-state index contributed by atoms with van der Waals surface area (Å²) in [6, 6.07) is 18.4. The Morgan fingerprint density at radius 1 is 0.378 bits per heavy atom. The number of phenolic OH excluding ortho intramolecular Hbond substituents is 10. The van der Waals surface area contributed by atoms with Crippen LogP contribution in [0.2, 0.25) is 0 Å². The molecule has 0 aliphatic heterocycles. The molecule has 0 atom stereocenters. The lowest BCUT2D eigenvalue weighted by atomic mass is 9.95. The average molecular weight is 1530 g/mol. The van der Waals surface area contributed by atoms with Gasteiger partial charge in [-0.25, -0.2) is 28.8 Å². The van der Waals surface area contributed by atoms with Crippen molar-refractivity contribution in [1.82, 2.24) is 0 Å². The molecule has 111 heavy (non-hydrogen) atoms. The van der Waals surface area contributed by atoms with Crippen molar-refractivity contribution in [3.8, 4) is 69.0 Å². The van der Waals surface area contributed by atoms with E-state index < -0.39 is 45.3 Å². The molecule has 0 unspecified atom stereocenters. The zero-order valence-corrected chi connectivity index (χ0v) is 63.3. The molecule has 0 fully saturated rings. The monoisotopic (exact) mass is 1530 g/mol. The molecule has 27 heteroatoms. The van der Waals surface area contributed by atoms with Gasteiger partial charge >= 0.3 is 33.8 Å². The van der Waals surface area contributed by atoms with Gasteiger partial charge < -0.3 is 87.0 Å². The molecular formula is C84H88O27. The zero-order chi connectivity index (χ0) is 82.2. The summed E-state index contributed by atoms with van der Waals surface area (Å²) < 4.78 is 41.1. The van der Waals surface area contributed by atoms with Crippen molar-refractivity contribution in [1.29, 1.82) is 0 Å². The standard InChI is InChI=1S/C17H20O5.C16H18O5.C14H14O5.C14H14O4.C12H12O4.C11H10O4/c1-5-7-10-8-14(19)22-17-15(10)12(20-3)9-13(21-4)16(17)11(18)6-2;1-4-5-9-6-12(19)21-16-13(9)10(17)7-11(18)14(16)15(20)8(2)3;1-3-4-8-5-11(18)19-14-12(7(2)15)9(16)6-10(17)13(8)14;1-3-5-8-6-12(17)18-14-9(4-2)10(15)7-11(16)13(8)14;1-2-3-7-4-11(15)16-10-6-8(13)5-9(14)12(7)10;1-2-6-3-10(14)15-9-5-7(12)4-8(13)11(6)9/h8-9H,5-7H2,1-4H3;6-8,17-18H,4-5H2,1-3H3;5-6,16-17H,3-4H2,1-2H3;4,6-7,15-16H,2-3,5H2,1H3;4-6,13-14H,2-3H2,1H3;3-5,12-13H,2H2,1H3. The number of rotatable bonds is 19. The van der Waals surface area contributed by atoms with Crippen LogP contribution in [-0.4, -0.2) is 82.6 Å². The number of fused-ring (bicyclic) bond motifs is 6. The smallest absolute Gasteiger partial charge is 0.336 e. The highest BCUT2D eigenvalue weighted by Gasteiger charge is 2.27. The van der Waals surface area contributed by atoms with Crippen LogP contribution in [0.25, 0.3) is 71.9 Å². The molecule has 0 saturated heterocycles. The second kappa shape index (κ2) is 37.6. The molecule has 0 aliphatic carbocycles. The number of phenols is 10. The molecule has 12 rings (SSSR count). The summed E-state index contributed by atoms with van der Waals surface area (Å²) in [4.78, 5) is 105. The van der Waals surface area contributed by atoms with Crippen molar-refractivity contribution in [3.05, 3.63) is 210 Å². The van der Waals surface area contributed by atoms with Crippen LogP contribution in [-0.2, 0) is 38.5 Å². The first-order chi connectivity index (χ1) is 52.7. The van der Waals surface area contributed by atoms with Gasteiger partial charge in [0.15, 0.2) is 39.7 Å². The molecular weight excluding hydrogens is 1440 g/mol. The van der Waals surface area contributed by atoms with E-state index in [-0.39, 0.29) is 114 Å². The third kappa shape index (κ3) is 19.4. The lowest BCUT2D eigenvalue weighted by molar-refractivity contribution is 0.0935. The van der Waals surface area contributed by atoms with Gasteiger partial charge in [0.1, 0.15) is 96.9 Å². The number of hydrogen-bond donors (Lipinski definition) is 10. The van der Waals surface area contributed by atoms with Gasteiger partial charge in [-0.15, -0.1) is 0 Å². The Hall–Kier alpha value is -13.1. The van der Waals surface area contributed by atoms with Crippen molar-refractivity contribution >= 4 is 89.2 Å². The van der Waals surface area contributed by atoms with E-state index >= 15 is 0 Å². The number of ether oxygens (including phenoxy) is 2. The van der Waals surface area contributed by atoms with Gasteiger partial charge in [-0.3, -0.25) is 14.4 Å². The number of aromatic hydroxyl groups is 10. The third-order valence-corrected chi connectivity index (χ3v) is 17.4. The highest BCUT2D eigenvalue weighted by atomic mass is 16.5. The Labute approximate surface area is 633 Å². The van der Waals surface area contributed by atoms with Crippen LogP contribution in [0.3, 0.4) is 0 Å². The minimum atomic E-state index is -0.608. The van der Waals surface area contributed by atoms with Gasteiger partial charge in [0.05, 0.1) is 52.1 Å². The number of ketones is 3. The largest absolute Gasteiger partial charge is 0.508 e. The fourth-order valence-electron chi connectivity index (χ4n) is 12.7. The van der Waals surface area contributed by atoms with Crippen LogP contribution in [0.15, 0.2) is 147 Å². The van der Waals surface area contributed by atoms with E-state index in [1.165, 1.54) is 93.9 Å². The maximum atomic E-state index is 12.3. The van der Waals surface area contributed by atoms with Gasteiger partial charge in [0, 0.05) is 97.3 Å². The topological polar surface area (TPSA) is 453 Å². The SMILES string of the molecule is C=Cc1c(O)cc(O)c2c(CCC)cc(=O)oc12.CCCc1cc(=O)oc2c(C(=O)C(C)C)c(O)cc(O)c12.CCCc1cc(=O)oc2c(C(=O)CC)c(OC)cc(OC)c12.CCCc1cc(=O)oc2c(C(C)=O)c(O)cc(O)c12.CCCc1cc(=O)oc2cc(O)cc(O)c12.CCc1cc(=O)oc2cc(O)cc(O)c12. The number of Topliss-reactive ketones (excluding diaryl/α,β-unsaturated/α-hetero) is 3. The molecule has 0 radical (unpaired) electrons. The lowest BCUT2D eigenvalue weighted by Crippen LogP contribution is -2.11. The summed E-state index contributed by atoms with van der Waals surface area (Å²) in [7, 11) is 3.01. The Balaban J connectivity index is 0.000000186.